The van der Waals surface area contributed by atoms with Crippen LogP contribution < -0.4 is 24.4 Å². The van der Waals surface area contributed by atoms with Crippen molar-refractivity contribution in [1.82, 2.24) is 0 Å². The summed E-state index contributed by atoms with van der Waals surface area (Å²) in [6.45, 7) is 2.63. The molecule has 2 amide bonds. The van der Waals surface area contributed by atoms with Crippen LogP contribution in [0.4, 0.5) is 11.4 Å². The van der Waals surface area contributed by atoms with Gasteiger partial charge in [-0.15, -0.1) is 11.8 Å². The molecular formula is C26H24N2O5S. The molecule has 7 nitrogen and oxygen atoms in total. The molecule has 0 aromatic heterocycles. The SMILES string of the molecule is CCOc1ccc(NC(=O)CN2C(=O)CC(c3ccc4c(c3)OCO4)Sc3ccccc32)cc1. The maximum absolute atomic E-state index is 13.4. The molecule has 0 saturated heterocycles. The summed E-state index contributed by atoms with van der Waals surface area (Å²) in [5.74, 6) is 1.76. The number of carbonyl (C=O) groups excluding carboxylic acids is 2. The first kappa shape index (κ1) is 22.2. The van der Waals surface area contributed by atoms with Gasteiger partial charge in [0.1, 0.15) is 12.3 Å². The molecule has 2 aliphatic rings. The lowest BCUT2D eigenvalue weighted by Crippen LogP contribution is -2.38. The highest BCUT2D eigenvalue weighted by atomic mass is 32.2. The number of thioether (sulfide) groups is 1. The minimum atomic E-state index is -0.265. The van der Waals surface area contributed by atoms with E-state index in [-0.39, 0.29) is 36.8 Å². The molecule has 174 valence electrons. The maximum atomic E-state index is 13.4. The monoisotopic (exact) mass is 476 g/mol. The molecule has 0 spiro atoms. The molecule has 8 heteroatoms. The van der Waals surface area contributed by atoms with E-state index < -0.39 is 0 Å². The van der Waals surface area contributed by atoms with Crippen LogP contribution in [0.2, 0.25) is 0 Å². The van der Waals surface area contributed by atoms with Gasteiger partial charge in [-0.3, -0.25) is 9.59 Å². The van der Waals surface area contributed by atoms with E-state index in [1.807, 2.05) is 49.4 Å². The summed E-state index contributed by atoms with van der Waals surface area (Å²) in [7, 11) is 0. The van der Waals surface area contributed by atoms with Crippen molar-refractivity contribution in [1.29, 1.82) is 0 Å². The van der Waals surface area contributed by atoms with Crippen molar-refractivity contribution in [2.24, 2.45) is 0 Å². The van der Waals surface area contributed by atoms with Gasteiger partial charge in [-0.05, 0) is 61.0 Å². The Morgan fingerprint density at radius 2 is 1.88 bits per heavy atom. The third-order valence-corrected chi connectivity index (χ3v) is 6.93. The maximum Gasteiger partial charge on any atom is 0.244 e. The van der Waals surface area contributed by atoms with E-state index in [0.717, 1.165) is 21.9 Å². The number of amides is 2. The number of anilines is 2. The second kappa shape index (κ2) is 9.69. The summed E-state index contributed by atoms with van der Waals surface area (Å²) in [6.07, 6.45) is 0.259. The number of nitrogens with zero attached hydrogens (tertiary/aromatic N) is 1. The lowest BCUT2D eigenvalue weighted by atomic mass is 10.1. The van der Waals surface area contributed by atoms with Crippen LogP contribution >= 0.6 is 11.8 Å². The van der Waals surface area contributed by atoms with Crippen molar-refractivity contribution in [2.45, 2.75) is 23.5 Å². The second-order valence-corrected chi connectivity index (χ2v) is 9.12. The van der Waals surface area contributed by atoms with E-state index in [0.29, 0.717) is 23.8 Å². The molecule has 0 aliphatic carbocycles. The van der Waals surface area contributed by atoms with Gasteiger partial charge in [0.25, 0.3) is 0 Å². The number of ether oxygens (including phenoxy) is 3. The highest BCUT2D eigenvalue weighted by Crippen LogP contribution is 2.47. The summed E-state index contributed by atoms with van der Waals surface area (Å²) in [5, 5.41) is 2.77. The predicted octanol–water partition coefficient (Wildman–Crippen LogP) is 5.02. The standard InChI is InChI=1S/C26H24N2O5S/c1-2-31-19-10-8-18(9-11-19)27-25(29)15-28-20-5-3-4-6-23(20)34-24(14-26(28)30)17-7-12-21-22(13-17)33-16-32-21/h3-13,24H,2,14-16H2,1H3,(H,27,29). The number of rotatable bonds is 6. The van der Waals surface area contributed by atoms with Crippen LogP contribution in [0.25, 0.3) is 0 Å². The molecule has 0 saturated carbocycles. The molecule has 2 heterocycles. The molecule has 5 rings (SSSR count). The van der Waals surface area contributed by atoms with E-state index in [1.54, 1.807) is 40.9 Å². The average molecular weight is 477 g/mol. The highest BCUT2D eigenvalue weighted by Gasteiger charge is 2.31. The van der Waals surface area contributed by atoms with Gasteiger partial charge in [-0.25, -0.2) is 0 Å². The van der Waals surface area contributed by atoms with Crippen molar-refractivity contribution < 1.29 is 23.8 Å². The van der Waals surface area contributed by atoms with Crippen LogP contribution in [0, 0.1) is 0 Å². The summed E-state index contributed by atoms with van der Waals surface area (Å²) in [4.78, 5) is 28.7. The number of para-hydroxylation sites is 1. The molecule has 1 N–H and O–H groups in total. The molecule has 3 aromatic carbocycles. The molecule has 0 radical (unpaired) electrons. The summed E-state index contributed by atoms with van der Waals surface area (Å²) < 4.78 is 16.4. The van der Waals surface area contributed by atoms with Crippen molar-refractivity contribution in [3.05, 3.63) is 72.3 Å². The first-order valence-electron chi connectivity index (χ1n) is 11.1. The van der Waals surface area contributed by atoms with Gasteiger partial charge < -0.3 is 24.4 Å². The smallest absolute Gasteiger partial charge is 0.244 e. The molecule has 0 bridgehead atoms. The van der Waals surface area contributed by atoms with Gasteiger partial charge >= 0.3 is 0 Å². The lowest BCUT2D eigenvalue weighted by Gasteiger charge is -2.22. The highest BCUT2D eigenvalue weighted by molar-refractivity contribution is 7.99. The Morgan fingerprint density at radius 3 is 2.71 bits per heavy atom. The topological polar surface area (TPSA) is 77.1 Å². The van der Waals surface area contributed by atoms with Gasteiger partial charge in [-0.1, -0.05) is 18.2 Å². The van der Waals surface area contributed by atoms with Crippen LogP contribution in [0.3, 0.4) is 0 Å². The average Bonchev–Trinajstić information content (AvgIpc) is 3.27. The van der Waals surface area contributed by atoms with E-state index >= 15 is 0 Å². The predicted molar refractivity (Wildman–Crippen MR) is 131 cm³/mol. The van der Waals surface area contributed by atoms with Gasteiger partial charge in [-0.2, -0.15) is 0 Å². The zero-order chi connectivity index (χ0) is 23.5. The van der Waals surface area contributed by atoms with Crippen molar-refractivity contribution >= 4 is 35.0 Å². The number of benzene rings is 3. The largest absolute Gasteiger partial charge is 0.494 e. The first-order chi connectivity index (χ1) is 16.6. The van der Waals surface area contributed by atoms with E-state index in [1.165, 1.54) is 0 Å². The van der Waals surface area contributed by atoms with Crippen LogP contribution in [0.15, 0.2) is 71.6 Å². The summed E-state index contributed by atoms with van der Waals surface area (Å²) in [6, 6.07) is 20.6. The Morgan fingerprint density at radius 1 is 1.09 bits per heavy atom. The fraction of sp³-hybridized carbons (Fsp3) is 0.231. The minimum Gasteiger partial charge on any atom is -0.494 e. The number of fused-ring (bicyclic) bond motifs is 2. The number of hydrogen-bond acceptors (Lipinski definition) is 6. The van der Waals surface area contributed by atoms with Gasteiger partial charge in [0.15, 0.2) is 11.5 Å². The number of carbonyl (C=O) groups is 2. The Bertz CT molecular complexity index is 1210. The second-order valence-electron chi connectivity index (χ2n) is 7.88. The number of nitrogens with one attached hydrogen (secondary N) is 1. The first-order valence-corrected chi connectivity index (χ1v) is 12.0. The van der Waals surface area contributed by atoms with Crippen molar-refractivity contribution in [3.63, 3.8) is 0 Å². The van der Waals surface area contributed by atoms with Crippen LogP contribution in [0.5, 0.6) is 17.2 Å². The van der Waals surface area contributed by atoms with Crippen molar-refractivity contribution in [3.8, 4) is 17.2 Å². The Kier molecular flexibility index (Phi) is 6.31. The lowest BCUT2D eigenvalue weighted by molar-refractivity contribution is -0.121. The Balaban J connectivity index is 1.35. The van der Waals surface area contributed by atoms with E-state index in [4.69, 9.17) is 14.2 Å². The molecule has 34 heavy (non-hydrogen) atoms. The molecule has 1 unspecified atom stereocenters. The Labute approximate surface area is 202 Å². The van der Waals surface area contributed by atoms with E-state index in [9.17, 15) is 9.59 Å². The molecule has 1 atom stereocenters. The summed E-state index contributed by atoms with van der Waals surface area (Å²) >= 11 is 1.62. The van der Waals surface area contributed by atoms with Gasteiger partial charge in [0.2, 0.25) is 18.6 Å². The fourth-order valence-electron chi connectivity index (χ4n) is 4.00. The molecular weight excluding hydrogens is 452 g/mol. The van der Waals surface area contributed by atoms with E-state index in [2.05, 4.69) is 5.32 Å². The third-order valence-electron chi connectivity index (χ3n) is 5.61. The zero-order valence-electron chi connectivity index (χ0n) is 18.7. The van der Waals surface area contributed by atoms with Crippen LogP contribution in [0.1, 0.15) is 24.2 Å². The summed E-state index contributed by atoms with van der Waals surface area (Å²) in [5.41, 5.74) is 2.37. The molecule has 0 fully saturated rings. The number of hydrogen-bond donors (Lipinski definition) is 1. The molecule has 3 aromatic rings. The normalized spacial score (nSPS) is 16.6. The minimum absolute atomic E-state index is 0.0719. The zero-order valence-corrected chi connectivity index (χ0v) is 19.5. The van der Waals surface area contributed by atoms with Gasteiger partial charge in [0.05, 0.1) is 12.3 Å². The van der Waals surface area contributed by atoms with Crippen LogP contribution in [-0.4, -0.2) is 31.8 Å². The van der Waals surface area contributed by atoms with Crippen molar-refractivity contribution in [2.75, 3.05) is 30.2 Å². The third kappa shape index (κ3) is 4.68. The Hall–Kier alpha value is -3.65. The quantitative estimate of drug-likeness (QED) is 0.538. The van der Waals surface area contributed by atoms with Gasteiger partial charge in [0, 0.05) is 22.3 Å². The van der Waals surface area contributed by atoms with Crippen LogP contribution in [-0.2, 0) is 9.59 Å². The molecule has 2 aliphatic heterocycles. The fourth-order valence-corrected chi connectivity index (χ4v) is 5.27.